The highest BCUT2D eigenvalue weighted by Gasteiger charge is 2.05. The van der Waals surface area contributed by atoms with E-state index in [4.69, 9.17) is 23.2 Å². The van der Waals surface area contributed by atoms with Crippen LogP contribution in [0.3, 0.4) is 0 Å². The Labute approximate surface area is 122 Å². The first-order chi connectivity index (χ1) is 9.20. The molecule has 1 N–H and O–H groups in total. The summed E-state index contributed by atoms with van der Waals surface area (Å²) < 4.78 is 13.7. The molecule has 0 radical (unpaired) electrons. The van der Waals surface area contributed by atoms with Crippen LogP contribution in [0.2, 0.25) is 5.02 Å². The molecule has 0 amide bonds. The van der Waals surface area contributed by atoms with E-state index in [1.54, 1.807) is 18.2 Å². The summed E-state index contributed by atoms with van der Waals surface area (Å²) in [7, 11) is 0. The van der Waals surface area contributed by atoms with Crippen LogP contribution >= 0.6 is 23.2 Å². The Bertz CT molecular complexity index is 558. The largest absolute Gasteiger partial charge is 0.309 e. The number of hydrogen-bond acceptors (Lipinski definition) is 1. The van der Waals surface area contributed by atoms with Gasteiger partial charge in [-0.05, 0) is 17.2 Å². The average Bonchev–Trinajstić information content (AvgIpc) is 2.44. The second-order valence-corrected chi connectivity index (χ2v) is 4.94. The van der Waals surface area contributed by atoms with Gasteiger partial charge in [0.1, 0.15) is 5.82 Å². The van der Waals surface area contributed by atoms with Crippen molar-refractivity contribution in [2.45, 2.75) is 19.0 Å². The number of alkyl halides is 1. The summed E-state index contributed by atoms with van der Waals surface area (Å²) in [5, 5.41) is 3.35. The van der Waals surface area contributed by atoms with E-state index in [2.05, 4.69) is 5.32 Å². The molecule has 19 heavy (non-hydrogen) atoms. The highest BCUT2D eigenvalue weighted by atomic mass is 35.5. The lowest BCUT2D eigenvalue weighted by Crippen LogP contribution is -2.13. The third-order valence-electron chi connectivity index (χ3n) is 2.82. The molecule has 0 fully saturated rings. The minimum absolute atomic E-state index is 0.156. The fourth-order valence-electron chi connectivity index (χ4n) is 1.85. The van der Waals surface area contributed by atoms with E-state index in [-0.39, 0.29) is 10.8 Å². The SMILES string of the molecule is Fc1c(Cl)cccc1CNCc1cccc(CCl)c1. The zero-order valence-electron chi connectivity index (χ0n) is 10.3. The van der Waals surface area contributed by atoms with E-state index in [0.29, 0.717) is 24.5 Å². The molecule has 0 spiro atoms. The standard InChI is InChI=1S/C15H14Cl2FN/c16-8-11-3-1-4-12(7-11)9-19-10-13-5-2-6-14(17)15(13)18/h1-7,19H,8-10H2. The molecule has 0 heterocycles. The van der Waals surface area contributed by atoms with Crippen LogP contribution in [0.25, 0.3) is 0 Å². The van der Waals surface area contributed by atoms with Gasteiger partial charge in [0.25, 0.3) is 0 Å². The Balaban J connectivity index is 1.94. The summed E-state index contributed by atoms with van der Waals surface area (Å²) in [5.41, 5.74) is 2.77. The zero-order chi connectivity index (χ0) is 13.7. The van der Waals surface area contributed by atoms with Crippen LogP contribution in [0.1, 0.15) is 16.7 Å². The first kappa shape index (κ1) is 14.3. The van der Waals surface area contributed by atoms with Crippen LogP contribution in [0.15, 0.2) is 42.5 Å². The average molecular weight is 298 g/mol. The van der Waals surface area contributed by atoms with Crippen molar-refractivity contribution in [2.75, 3.05) is 0 Å². The van der Waals surface area contributed by atoms with Crippen LogP contribution in [-0.4, -0.2) is 0 Å². The number of halogens is 3. The van der Waals surface area contributed by atoms with E-state index < -0.39 is 0 Å². The first-order valence-electron chi connectivity index (χ1n) is 5.98. The number of benzene rings is 2. The molecule has 2 rings (SSSR count). The van der Waals surface area contributed by atoms with E-state index >= 15 is 0 Å². The van der Waals surface area contributed by atoms with Crippen molar-refractivity contribution in [2.24, 2.45) is 0 Å². The van der Waals surface area contributed by atoms with Gasteiger partial charge in [0.15, 0.2) is 0 Å². The van der Waals surface area contributed by atoms with E-state index in [0.717, 1.165) is 11.1 Å². The molecule has 4 heteroatoms. The molecule has 0 saturated heterocycles. The molecule has 0 aromatic heterocycles. The highest BCUT2D eigenvalue weighted by Crippen LogP contribution is 2.17. The molecular weight excluding hydrogens is 284 g/mol. The lowest BCUT2D eigenvalue weighted by molar-refractivity contribution is 0.588. The Morgan fingerprint density at radius 2 is 1.74 bits per heavy atom. The fraction of sp³-hybridized carbons (Fsp3) is 0.200. The van der Waals surface area contributed by atoms with Crippen molar-refractivity contribution in [1.29, 1.82) is 0 Å². The van der Waals surface area contributed by atoms with Crippen LogP contribution in [-0.2, 0) is 19.0 Å². The topological polar surface area (TPSA) is 12.0 Å². The Hall–Kier alpha value is -1.09. The molecule has 2 aromatic rings. The van der Waals surface area contributed by atoms with Crippen LogP contribution in [0, 0.1) is 5.82 Å². The molecule has 0 atom stereocenters. The first-order valence-corrected chi connectivity index (χ1v) is 6.89. The van der Waals surface area contributed by atoms with Gasteiger partial charge in [-0.2, -0.15) is 0 Å². The molecule has 0 saturated carbocycles. The molecule has 0 unspecified atom stereocenters. The second kappa shape index (κ2) is 6.90. The minimum atomic E-state index is -0.355. The molecule has 2 aromatic carbocycles. The molecule has 0 aliphatic rings. The maximum absolute atomic E-state index is 13.7. The summed E-state index contributed by atoms with van der Waals surface area (Å²) in [6, 6.07) is 13.0. The zero-order valence-corrected chi connectivity index (χ0v) is 11.8. The normalized spacial score (nSPS) is 10.7. The molecule has 0 aliphatic heterocycles. The Morgan fingerprint density at radius 1 is 1.00 bits per heavy atom. The highest BCUT2D eigenvalue weighted by molar-refractivity contribution is 6.30. The lowest BCUT2D eigenvalue weighted by Gasteiger charge is -2.08. The van der Waals surface area contributed by atoms with E-state index in [1.807, 2.05) is 24.3 Å². The van der Waals surface area contributed by atoms with Crippen LogP contribution < -0.4 is 5.32 Å². The third-order valence-corrected chi connectivity index (χ3v) is 3.42. The predicted octanol–water partition coefficient (Wildman–Crippen LogP) is 4.51. The second-order valence-electron chi connectivity index (χ2n) is 4.27. The Morgan fingerprint density at radius 3 is 2.53 bits per heavy atom. The summed E-state index contributed by atoms with van der Waals surface area (Å²) in [4.78, 5) is 0. The van der Waals surface area contributed by atoms with Gasteiger partial charge in [-0.3, -0.25) is 0 Å². The quantitative estimate of drug-likeness (QED) is 0.801. The van der Waals surface area contributed by atoms with Gasteiger partial charge in [0.2, 0.25) is 0 Å². The predicted molar refractivity (Wildman–Crippen MR) is 78.0 cm³/mol. The molecule has 0 bridgehead atoms. The number of rotatable bonds is 5. The van der Waals surface area contributed by atoms with Crippen molar-refractivity contribution < 1.29 is 4.39 Å². The van der Waals surface area contributed by atoms with E-state index in [1.165, 1.54) is 0 Å². The van der Waals surface area contributed by atoms with Gasteiger partial charge in [-0.25, -0.2) is 4.39 Å². The van der Waals surface area contributed by atoms with Crippen molar-refractivity contribution in [3.05, 3.63) is 70.0 Å². The maximum Gasteiger partial charge on any atom is 0.146 e. The van der Waals surface area contributed by atoms with Gasteiger partial charge in [0.05, 0.1) is 5.02 Å². The van der Waals surface area contributed by atoms with Gasteiger partial charge < -0.3 is 5.32 Å². The molecule has 0 aliphatic carbocycles. The molecule has 100 valence electrons. The van der Waals surface area contributed by atoms with Crippen molar-refractivity contribution in [3.63, 3.8) is 0 Å². The smallest absolute Gasteiger partial charge is 0.146 e. The summed E-state index contributed by atoms with van der Waals surface area (Å²) in [5.74, 6) is 0.141. The maximum atomic E-state index is 13.7. The van der Waals surface area contributed by atoms with Gasteiger partial charge in [0, 0.05) is 24.5 Å². The lowest BCUT2D eigenvalue weighted by atomic mass is 10.1. The van der Waals surface area contributed by atoms with Crippen LogP contribution in [0.5, 0.6) is 0 Å². The van der Waals surface area contributed by atoms with Crippen molar-refractivity contribution in [1.82, 2.24) is 5.32 Å². The monoisotopic (exact) mass is 297 g/mol. The molecule has 1 nitrogen and oxygen atoms in total. The van der Waals surface area contributed by atoms with Crippen molar-refractivity contribution >= 4 is 23.2 Å². The van der Waals surface area contributed by atoms with E-state index in [9.17, 15) is 4.39 Å². The fourth-order valence-corrected chi connectivity index (χ4v) is 2.21. The number of hydrogen-bond donors (Lipinski definition) is 1. The van der Waals surface area contributed by atoms with Crippen molar-refractivity contribution in [3.8, 4) is 0 Å². The Kier molecular flexibility index (Phi) is 5.20. The third kappa shape index (κ3) is 3.93. The number of nitrogens with one attached hydrogen (secondary N) is 1. The molecular formula is C15H14Cl2FN. The van der Waals surface area contributed by atoms with Gasteiger partial charge >= 0.3 is 0 Å². The summed E-state index contributed by atoms with van der Waals surface area (Å²) in [6.45, 7) is 1.11. The van der Waals surface area contributed by atoms with Gasteiger partial charge in [-0.1, -0.05) is 48.0 Å². The summed E-state index contributed by atoms with van der Waals surface area (Å²) >= 11 is 11.5. The summed E-state index contributed by atoms with van der Waals surface area (Å²) in [6.07, 6.45) is 0. The van der Waals surface area contributed by atoms with Gasteiger partial charge in [-0.15, -0.1) is 11.6 Å². The van der Waals surface area contributed by atoms with Crippen LogP contribution in [0.4, 0.5) is 4.39 Å². The minimum Gasteiger partial charge on any atom is -0.309 e.